The molecule has 0 fully saturated rings. The number of hydrogen-bond acceptors (Lipinski definition) is 2. The van der Waals surface area contributed by atoms with E-state index < -0.39 is 0 Å². The highest BCUT2D eigenvalue weighted by molar-refractivity contribution is 7.15. The van der Waals surface area contributed by atoms with Crippen molar-refractivity contribution in [1.82, 2.24) is 4.98 Å². The van der Waals surface area contributed by atoms with Gasteiger partial charge in [0.05, 0.1) is 9.88 Å². The van der Waals surface area contributed by atoms with Crippen LogP contribution in [0.2, 0.25) is 0 Å². The molecule has 0 spiro atoms. The number of aryl methyl sites for hydroxylation is 2. The molecule has 3 heteroatoms. The van der Waals surface area contributed by atoms with Gasteiger partial charge in [-0.3, -0.25) is 0 Å². The Labute approximate surface area is 99.0 Å². The maximum atomic E-state index is 13.6. The molecule has 0 unspecified atom stereocenters. The number of nitrogens with zero attached hydrogens (tertiary/aromatic N) is 1. The van der Waals surface area contributed by atoms with E-state index in [-0.39, 0.29) is 5.82 Å². The molecule has 0 radical (unpaired) electrons. The average molecular weight is 235 g/mol. The fourth-order valence-electron chi connectivity index (χ4n) is 1.59. The van der Waals surface area contributed by atoms with E-state index in [0.717, 1.165) is 33.9 Å². The van der Waals surface area contributed by atoms with E-state index in [1.54, 1.807) is 17.4 Å². The molecule has 0 saturated carbocycles. The number of rotatable bonds is 3. The predicted molar refractivity (Wildman–Crippen MR) is 66.3 cm³/mol. The molecule has 0 aliphatic rings. The van der Waals surface area contributed by atoms with Crippen LogP contribution in [0.5, 0.6) is 0 Å². The Morgan fingerprint density at radius 2 is 2.06 bits per heavy atom. The van der Waals surface area contributed by atoms with Crippen LogP contribution in [0.4, 0.5) is 4.39 Å². The second-order valence-corrected chi connectivity index (χ2v) is 4.75. The molecule has 0 saturated heterocycles. The number of aromatic nitrogens is 1. The van der Waals surface area contributed by atoms with Gasteiger partial charge >= 0.3 is 0 Å². The van der Waals surface area contributed by atoms with Gasteiger partial charge in [-0.2, -0.15) is 0 Å². The SMILES string of the molecule is CCc1ncc(-c2ccc(CC)c(F)c2)s1. The van der Waals surface area contributed by atoms with Crippen LogP contribution in [0.1, 0.15) is 24.4 Å². The third-order valence-corrected chi connectivity index (χ3v) is 3.77. The third-order valence-electron chi connectivity index (χ3n) is 2.57. The smallest absolute Gasteiger partial charge is 0.127 e. The van der Waals surface area contributed by atoms with Gasteiger partial charge in [0.1, 0.15) is 5.82 Å². The molecule has 0 amide bonds. The quantitative estimate of drug-likeness (QED) is 0.781. The lowest BCUT2D eigenvalue weighted by Crippen LogP contribution is -1.87. The van der Waals surface area contributed by atoms with Crippen LogP contribution in [-0.2, 0) is 12.8 Å². The van der Waals surface area contributed by atoms with Gasteiger partial charge in [0.2, 0.25) is 0 Å². The van der Waals surface area contributed by atoms with Crippen LogP contribution in [0.25, 0.3) is 10.4 Å². The fraction of sp³-hybridized carbons (Fsp3) is 0.308. The lowest BCUT2D eigenvalue weighted by atomic mass is 10.1. The summed E-state index contributed by atoms with van der Waals surface area (Å²) in [5.41, 5.74) is 1.69. The first kappa shape index (κ1) is 11.3. The zero-order chi connectivity index (χ0) is 11.5. The molecular formula is C13H14FNS. The predicted octanol–water partition coefficient (Wildman–Crippen LogP) is 4.07. The first-order chi connectivity index (χ1) is 7.74. The van der Waals surface area contributed by atoms with E-state index in [9.17, 15) is 4.39 Å². The summed E-state index contributed by atoms with van der Waals surface area (Å²) < 4.78 is 13.6. The molecular weight excluding hydrogens is 221 g/mol. The molecule has 0 N–H and O–H groups in total. The Balaban J connectivity index is 2.37. The standard InChI is InChI=1S/C13H14FNS/c1-3-9-5-6-10(7-11(9)14)12-8-15-13(4-2)16-12/h5-8H,3-4H2,1-2H3. The fourth-order valence-corrected chi connectivity index (χ4v) is 2.45. The van der Waals surface area contributed by atoms with Crippen LogP contribution in [-0.4, -0.2) is 4.98 Å². The van der Waals surface area contributed by atoms with E-state index in [4.69, 9.17) is 0 Å². The lowest BCUT2D eigenvalue weighted by Gasteiger charge is -2.01. The second kappa shape index (κ2) is 4.74. The number of hydrogen-bond donors (Lipinski definition) is 0. The third kappa shape index (κ3) is 2.14. The van der Waals surface area contributed by atoms with E-state index in [2.05, 4.69) is 11.9 Å². The summed E-state index contributed by atoms with van der Waals surface area (Å²) in [6.07, 6.45) is 3.49. The summed E-state index contributed by atoms with van der Waals surface area (Å²) in [5.74, 6) is -0.119. The van der Waals surface area contributed by atoms with Gasteiger partial charge in [-0.15, -0.1) is 11.3 Å². The van der Waals surface area contributed by atoms with Crippen molar-refractivity contribution >= 4 is 11.3 Å². The highest BCUT2D eigenvalue weighted by Crippen LogP contribution is 2.27. The topological polar surface area (TPSA) is 12.9 Å². The van der Waals surface area contributed by atoms with Crippen molar-refractivity contribution in [2.45, 2.75) is 26.7 Å². The van der Waals surface area contributed by atoms with Crippen LogP contribution >= 0.6 is 11.3 Å². The molecule has 1 nitrogen and oxygen atoms in total. The molecule has 0 aliphatic carbocycles. The molecule has 1 aromatic heterocycles. The summed E-state index contributed by atoms with van der Waals surface area (Å²) in [6.45, 7) is 4.03. The molecule has 1 heterocycles. The molecule has 1 aromatic carbocycles. The van der Waals surface area contributed by atoms with Crippen molar-refractivity contribution < 1.29 is 4.39 Å². The van der Waals surface area contributed by atoms with E-state index in [1.807, 2.05) is 25.3 Å². The van der Waals surface area contributed by atoms with Crippen LogP contribution in [0.15, 0.2) is 24.4 Å². The minimum Gasteiger partial charge on any atom is -0.249 e. The van der Waals surface area contributed by atoms with Crippen molar-refractivity contribution in [3.8, 4) is 10.4 Å². The van der Waals surface area contributed by atoms with E-state index >= 15 is 0 Å². The highest BCUT2D eigenvalue weighted by Gasteiger charge is 2.06. The van der Waals surface area contributed by atoms with Gasteiger partial charge in [0.25, 0.3) is 0 Å². The Morgan fingerprint density at radius 1 is 1.25 bits per heavy atom. The first-order valence-corrected chi connectivity index (χ1v) is 6.29. The van der Waals surface area contributed by atoms with Gasteiger partial charge < -0.3 is 0 Å². The summed E-state index contributed by atoms with van der Waals surface area (Å²) in [4.78, 5) is 5.32. The normalized spacial score (nSPS) is 10.7. The Morgan fingerprint density at radius 3 is 2.62 bits per heavy atom. The number of halogens is 1. The van der Waals surface area contributed by atoms with Gasteiger partial charge in [0, 0.05) is 6.20 Å². The lowest BCUT2D eigenvalue weighted by molar-refractivity contribution is 0.613. The maximum Gasteiger partial charge on any atom is 0.127 e. The summed E-state index contributed by atoms with van der Waals surface area (Å²) in [6, 6.07) is 5.43. The number of benzene rings is 1. The molecule has 2 rings (SSSR count). The average Bonchev–Trinajstić information content (AvgIpc) is 2.77. The maximum absolute atomic E-state index is 13.6. The van der Waals surface area contributed by atoms with Crippen LogP contribution < -0.4 is 0 Å². The Bertz CT molecular complexity index is 490. The summed E-state index contributed by atoms with van der Waals surface area (Å²) in [5, 5.41) is 1.09. The van der Waals surface area contributed by atoms with Gasteiger partial charge in [0.15, 0.2) is 0 Å². The minimum atomic E-state index is -0.119. The van der Waals surface area contributed by atoms with Gasteiger partial charge in [-0.05, 0) is 30.0 Å². The summed E-state index contributed by atoms with van der Waals surface area (Å²) >= 11 is 1.63. The molecule has 0 bridgehead atoms. The zero-order valence-electron chi connectivity index (χ0n) is 9.46. The van der Waals surface area contributed by atoms with E-state index in [1.165, 1.54) is 0 Å². The van der Waals surface area contributed by atoms with Crippen LogP contribution in [0, 0.1) is 5.82 Å². The molecule has 0 aliphatic heterocycles. The minimum absolute atomic E-state index is 0.119. The first-order valence-electron chi connectivity index (χ1n) is 5.48. The summed E-state index contributed by atoms with van der Waals surface area (Å²) in [7, 11) is 0. The zero-order valence-corrected chi connectivity index (χ0v) is 10.3. The van der Waals surface area contributed by atoms with Crippen molar-refractivity contribution in [3.63, 3.8) is 0 Å². The van der Waals surface area contributed by atoms with Crippen molar-refractivity contribution in [2.24, 2.45) is 0 Å². The van der Waals surface area contributed by atoms with Crippen LogP contribution in [0.3, 0.4) is 0 Å². The number of thiazole rings is 1. The van der Waals surface area contributed by atoms with Gasteiger partial charge in [-0.1, -0.05) is 26.0 Å². The van der Waals surface area contributed by atoms with Crippen molar-refractivity contribution in [3.05, 3.63) is 40.8 Å². The highest BCUT2D eigenvalue weighted by atomic mass is 32.1. The largest absolute Gasteiger partial charge is 0.249 e. The molecule has 2 aromatic rings. The van der Waals surface area contributed by atoms with Crippen molar-refractivity contribution in [1.29, 1.82) is 0 Å². The Hall–Kier alpha value is -1.22. The second-order valence-electron chi connectivity index (χ2n) is 3.63. The Kier molecular flexibility index (Phi) is 3.34. The van der Waals surface area contributed by atoms with Crippen molar-refractivity contribution in [2.75, 3.05) is 0 Å². The van der Waals surface area contributed by atoms with E-state index in [0.29, 0.717) is 0 Å². The molecule has 84 valence electrons. The molecule has 16 heavy (non-hydrogen) atoms. The molecule has 0 atom stereocenters. The monoisotopic (exact) mass is 235 g/mol. The van der Waals surface area contributed by atoms with Gasteiger partial charge in [-0.25, -0.2) is 9.37 Å².